The molecule has 1 aromatic rings. The van der Waals surface area contributed by atoms with Crippen LogP contribution in [0.5, 0.6) is 0 Å². The molecule has 1 heterocycles. The third kappa shape index (κ3) is 5.33. The van der Waals surface area contributed by atoms with Gasteiger partial charge in [-0.25, -0.2) is 0 Å². The average Bonchev–Trinajstić information content (AvgIpc) is 2.80. The Bertz CT molecular complexity index is 246. The first kappa shape index (κ1) is 13.3. The molecule has 1 rings (SSSR count). The summed E-state index contributed by atoms with van der Waals surface area (Å²) in [4.78, 5) is 0. The molecule has 0 bridgehead atoms. The van der Waals surface area contributed by atoms with Crippen molar-refractivity contribution in [2.24, 2.45) is 5.84 Å². The van der Waals surface area contributed by atoms with Gasteiger partial charge in [0.15, 0.2) is 0 Å². The number of nitrogens with one attached hydrogen (secondary N) is 1. The minimum Gasteiger partial charge on any atom is -0.469 e. The lowest BCUT2D eigenvalue weighted by atomic mass is 10.0. The highest BCUT2D eigenvalue weighted by Crippen LogP contribution is 2.11. The average molecular weight is 224 g/mol. The largest absolute Gasteiger partial charge is 0.469 e. The van der Waals surface area contributed by atoms with Crippen LogP contribution in [0.3, 0.4) is 0 Å². The van der Waals surface area contributed by atoms with Crippen molar-refractivity contribution in [1.29, 1.82) is 0 Å². The molecule has 0 aromatic carbocycles. The molecule has 3 N–H and O–H groups in total. The van der Waals surface area contributed by atoms with E-state index in [9.17, 15) is 0 Å². The van der Waals surface area contributed by atoms with E-state index in [2.05, 4.69) is 12.3 Å². The van der Waals surface area contributed by atoms with Crippen molar-refractivity contribution in [2.75, 3.05) is 0 Å². The second-order valence-corrected chi connectivity index (χ2v) is 4.35. The Hall–Kier alpha value is -0.800. The standard InChI is InChI=1S/C13H24N2O/c1-2-3-4-5-6-8-12(15-14)11-13-9-7-10-16-13/h7,9-10,12,15H,2-6,8,11,14H2,1H3. The van der Waals surface area contributed by atoms with Crippen molar-refractivity contribution in [1.82, 2.24) is 5.43 Å². The number of hydrogen-bond donors (Lipinski definition) is 2. The molecule has 0 radical (unpaired) electrons. The predicted octanol–water partition coefficient (Wildman–Crippen LogP) is 3.01. The molecule has 0 spiro atoms. The summed E-state index contributed by atoms with van der Waals surface area (Å²) in [5, 5.41) is 0. The summed E-state index contributed by atoms with van der Waals surface area (Å²) in [7, 11) is 0. The third-order valence-corrected chi connectivity index (χ3v) is 2.92. The van der Waals surface area contributed by atoms with E-state index in [1.54, 1.807) is 6.26 Å². The Balaban J connectivity index is 2.12. The van der Waals surface area contributed by atoms with Crippen molar-refractivity contribution in [3.8, 4) is 0 Å². The number of rotatable bonds is 9. The SMILES string of the molecule is CCCCCCCC(Cc1ccco1)NN. The molecule has 1 unspecified atom stereocenters. The maximum Gasteiger partial charge on any atom is 0.105 e. The van der Waals surface area contributed by atoms with Crippen LogP contribution in [-0.4, -0.2) is 6.04 Å². The van der Waals surface area contributed by atoms with Gasteiger partial charge in [0.2, 0.25) is 0 Å². The fraction of sp³-hybridized carbons (Fsp3) is 0.692. The second kappa shape index (κ2) is 8.36. The van der Waals surface area contributed by atoms with Crippen molar-refractivity contribution in [3.05, 3.63) is 24.2 Å². The highest BCUT2D eigenvalue weighted by molar-refractivity contribution is 5.00. The van der Waals surface area contributed by atoms with E-state index in [0.717, 1.165) is 18.6 Å². The summed E-state index contributed by atoms with van der Waals surface area (Å²) < 4.78 is 5.32. The van der Waals surface area contributed by atoms with Gasteiger partial charge in [0.25, 0.3) is 0 Å². The summed E-state index contributed by atoms with van der Waals surface area (Å²) in [6.45, 7) is 2.24. The zero-order valence-corrected chi connectivity index (χ0v) is 10.2. The van der Waals surface area contributed by atoms with E-state index < -0.39 is 0 Å². The molecule has 1 aromatic heterocycles. The van der Waals surface area contributed by atoms with Gasteiger partial charge in [-0.2, -0.15) is 0 Å². The highest BCUT2D eigenvalue weighted by atomic mass is 16.3. The first-order chi connectivity index (χ1) is 7.86. The predicted molar refractivity (Wildman–Crippen MR) is 66.9 cm³/mol. The zero-order valence-electron chi connectivity index (χ0n) is 10.2. The van der Waals surface area contributed by atoms with Crippen molar-refractivity contribution in [3.63, 3.8) is 0 Å². The molecule has 0 aliphatic rings. The van der Waals surface area contributed by atoms with Crippen LogP contribution in [0.4, 0.5) is 0 Å². The molecule has 0 saturated heterocycles. The summed E-state index contributed by atoms with van der Waals surface area (Å²) in [6, 6.07) is 4.26. The van der Waals surface area contributed by atoms with Crippen molar-refractivity contribution < 1.29 is 4.42 Å². The molecule has 0 aliphatic carbocycles. The number of unbranched alkanes of at least 4 members (excludes halogenated alkanes) is 4. The number of hydrazine groups is 1. The lowest BCUT2D eigenvalue weighted by Crippen LogP contribution is -2.36. The summed E-state index contributed by atoms with van der Waals surface area (Å²) in [5.41, 5.74) is 2.87. The van der Waals surface area contributed by atoms with E-state index in [1.165, 1.54) is 32.1 Å². The fourth-order valence-electron chi connectivity index (χ4n) is 1.91. The van der Waals surface area contributed by atoms with Crippen LogP contribution in [0.25, 0.3) is 0 Å². The van der Waals surface area contributed by atoms with Crippen LogP contribution in [0, 0.1) is 0 Å². The molecule has 3 nitrogen and oxygen atoms in total. The molecule has 0 amide bonds. The van der Waals surface area contributed by atoms with E-state index in [-0.39, 0.29) is 0 Å². The van der Waals surface area contributed by atoms with Crippen molar-refractivity contribution in [2.45, 2.75) is 57.9 Å². The second-order valence-electron chi connectivity index (χ2n) is 4.35. The molecule has 92 valence electrons. The van der Waals surface area contributed by atoms with Crippen LogP contribution >= 0.6 is 0 Å². The highest BCUT2D eigenvalue weighted by Gasteiger charge is 2.08. The molecule has 16 heavy (non-hydrogen) atoms. The molecule has 1 atom stereocenters. The van der Waals surface area contributed by atoms with Gasteiger partial charge in [-0.05, 0) is 18.6 Å². The quantitative estimate of drug-likeness (QED) is 0.385. The molecule has 0 saturated carbocycles. The minimum atomic E-state index is 0.341. The van der Waals surface area contributed by atoms with E-state index >= 15 is 0 Å². The first-order valence-electron chi connectivity index (χ1n) is 6.35. The maximum atomic E-state index is 5.54. The lowest BCUT2D eigenvalue weighted by Gasteiger charge is -2.14. The van der Waals surface area contributed by atoms with Crippen LogP contribution in [0.1, 0.15) is 51.2 Å². The molecule has 0 fully saturated rings. The van der Waals surface area contributed by atoms with Gasteiger partial charge in [0, 0.05) is 12.5 Å². The Labute approximate surface area is 98.4 Å². The fourth-order valence-corrected chi connectivity index (χ4v) is 1.91. The van der Waals surface area contributed by atoms with Gasteiger partial charge >= 0.3 is 0 Å². The van der Waals surface area contributed by atoms with Crippen molar-refractivity contribution >= 4 is 0 Å². The maximum absolute atomic E-state index is 5.54. The number of hydrogen-bond acceptors (Lipinski definition) is 3. The van der Waals surface area contributed by atoms with Gasteiger partial charge < -0.3 is 4.42 Å². The Morgan fingerprint density at radius 3 is 2.75 bits per heavy atom. The molecular formula is C13H24N2O. The smallest absolute Gasteiger partial charge is 0.105 e. The molecular weight excluding hydrogens is 200 g/mol. The molecule has 3 heteroatoms. The topological polar surface area (TPSA) is 51.2 Å². The third-order valence-electron chi connectivity index (χ3n) is 2.92. The summed E-state index contributed by atoms with van der Waals surface area (Å²) in [5.74, 6) is 6.55. The number of nitrogens with two attached hydrogens (primary N) is 1. The first-order valence-corrected chi connectivity index (χ1v) is 6.35. The van der Waals surface area contributed by atoms with E-state index in [4.69, 9.17) is 10.3 Å². The van der Waals surface area contributed by atoms with Gasteiger partial charge in [-0.15, -0.1) is 0 Å². The van der Waals surface area contributed by atoms with E-state index in [0.29, 0.717) is 6.04 Å². The van der Waals surface area contributed by atoms with Crippen LogP contribution in [0.15, 0.2) is 22.8 Å². The van der Waals surface area contributed by atoms with Gasteiger partial charge in [0.1, 0.15) is 5.76 Å². The Morgan fingerprint density at radius 1 is 1.31 bits per heavy atom. The van der Waals surface area contributed by atoms with Gasteiger partial charge in [0.05, 0.1) is 6.26 Å². The van der Waals surface area contributed by atoms with Crippen LogP contribution in [0.2, 0.25) is 0 Å². The van der Waals surface area contributed by atoms with Crippen LogP contribution < -0.4 is 11.3 Å². The summed E-state index contributed by atoms with van der Waals surface area (Å²) >= 11 is 0. The Kier molecular flexibility index (Phi) is 6.93. The lowest BCUT2D eigenvalue weighted by molar-refractivity contribution is 0.416. The summed E-state index contributed by atoms with van der Waals surface area (Å²) in [6.07, 6.45) is 10.3. The van der Waals surface area contributed by atoms with Gasteiger partial charge in [-0.1, -0.05) is 39.0 Å². The monoisotopic (exact) mass is 224 g/mol. The minimum absolute atomic E-state index is 0.341. The zero-order chi connectivity index (χ0) is 11.6. The number of furan rings is 1. The van der Waals surface area contributed by atoms with Crippen LogP contribution in [-0.2, 0) is 6.42 Å². The van der Waals surface area contributed by atoms with Gasteiger partial charge in [-0.3, -0.25) is 11.3 Å². The van der Waals surface area contributed by atoms with E-state index in [1.807, 2.05) is 12.1 Å². The molecule has 0 aliphatic heterocycles. The normalized spacial score (nSPS) is 12.9. The Morgan fingerprint density at radius 2 is 2.12 bits per heavy atom.